The predicted molar refractivity (Wildman–Crippen MR) is 74.9 cm³/mol. The van der Waals surface area contributed by atoms with E-state index in [0.29, 0.717) is 13.0 Å². The van der Waals surface area contributed by atoms with Crippen molar-refractivity contribution in [2.75, 3.05) is 13.2 Å². The monoisotopic (exact) mass is 265 g/mol. The third-order valence-corrected chi connectivity index (χ3v) is 3.50. The first-order valence-electron chi connectivity index (χ1n) is 6.36. The zero-order valence-electron chi connectivity index (χ0n) is 10.3. The minimum atomic E-state index is -0.297. The number of carbonyl (C=O) groups is 1. The Balaban J connectivity index is 1.81. The van der Waals surface area contributed by atoms with Gasteiger partial charge in [-0.2, -0.15) is 12.6 Å². The Bertz CT molecular complexity index is 377. The van der Waals surface area contributed by atoms with Gasteiger partial charge in [0.15, 0.2) is 0 Å². The van der Waals surface area contributed by atoms with Crippen LogP contribution < -0.4 is 5.32 Å². The van der Waals surface area contributed by atoms with E-state index < -0.39 is 0 Å². The maximum absolute atomic E-state index is 12.0. The topological polar surface area (TPSA) is 38.3 Å². The van der Waals surface area contributed by atoms with Gasteiger partial charge in [0.1, 0.15) is 0 Å². The zero-order valence-corrected chi connectivity index (χ0v) is 11.2. The average Bonchev–Trinajstić information content (AvgIpc) is 2.41. The number of amides is 1. The van der Waals surface area contributed by atoms with Crippen LogP contribution in [0.5, 0.6) is 0 Å². The predicted octanol–water partition coefficient (Wildman–Crippen LogP) is 1.82. The van der Waals surface area contributed by atoms with Crippen molar-refractivity contribution in [3.05, 3.63) is 35.9 Å². The van der Waals surface area contributed by atoms with Crippen molar-refractivity contribution in [2.24, 2.45) is 0 Å². The van der Waals surface area contributed by atoms with Crippen molar-refractivity contribution in [3.8, 4) is 0 Å². The second-order valence-electron chi connectivity index (χ2n) is 4.63. The second-order valence-corrected chi connectivity index (χ2v) is 5.25. The summed E-state index contributed by atoms with van der Waals surface area (Å²) in [6.07, 6.45) is 2.67. The van der Waals surface area contributed by atoms with Gasteiger partial charge in [0, 0.05) is 6.61 Å². The maximum Gasteiger partial charge on any atom is 0.233 e. The molecule has 0 aliphatic carbocycles. The number of hydrogen-bond donors (Lipinski definition) is 2. The van der Waals surface area contributed by atoms with E-state index in [-0.39, 0.29) is 17.2 Å². The molecule has 0 spiro atoms. The van der Waals surface area contributed by atoms with Crippen LogP contribution >= 0.6 is 12.6 Å². The van der Waals surface area contributed by atoms with Gasteiger partial charge in [-0.25, -0.2) is 0 Å². The minimum absolute atomic E-state index is 0.00214. The van der Waals surface area contributed by atoms with E-state index in [2.05, 4.69) is 17.9 Å². The number of nitrogens with one attached hydrogen (secondary N) is 1. The normalized spacial score (nSPS) is 21.3. The van der Waals surface area contributed by atoms with E-state index in [9.17, 15) is 4.79 Å². The lowest BCUT2D eigenvalue weighted by atomic mass is 10.1. The fraction of sp³-hybridized carbons (Fsp3) is 0.500. The Morgan fingerprint density at radius 2 is 2.22 bits per heavy atom. The van der Waals surface area contributed by atoms with Gasteiger partial charge in [0.25, 0.3) is 0 Å². The van der Waals surface area contributed by atoms with Gasteiger partial charge in [0.05, 0.1) is 17.9 Å². The molecule has 98 valence electrons. The minimum Gasteiger partial charge on any atom is -0.379 e. The van der Waals surface area contributed by atoms with E-state index >= 15 is 0 Å². The molecule has 0 saturated carbocycles. The first-order chi connectivity index (χ1) is 8.75. The Kier molecular flexibility index (Phi) is 5.08. The quantitative estimate of drug-likeness (QED) is 0.815. The van der Waals surface area contributed by atoms with Crippen molar-refractivity contribution < 1.29 is 9.53 Å². The molecule has 0 radical (unpaired) electrons. The summed E-state index contributed by atoms with van der Waals surface area (Å²) in [5.41, 5.74) is 1.13. The van der Waals surface area contributed by atoms with Crippen LogP contribution in [-0.2, 0) is 16.0 Å². The largest absolute Gasteiger partial charge is 0.379 e. The van der Waals surface area contributed by atoms with Crippen molar-refractivity contribution in [1.82, 2.24) is 5.32 Å². The van der Waals surface area contributed by atoms with Crippen LogP contribution in [0.3, 0.4) is 0 Å². The number of ether oxygens (including phenoxy) is 1. The smallest absolute Gasteiger partial charge is 0.233 e. The summed E-state index contributed by atoms with van der Waals surface area (Å²) in [5, 5.41) is 2.70. The molecule has 1 amide bonds. The maximum atomic E-state index is 12.0. The molecule has 0 bridgehead atoms. The highest BCUT2D eigenvalue weighted by molar-refractivity contribution is 7.81. The lowest BCUT2D eigenvalue weighted by molar-refractivity contribution is -0.122. The summed E-state index contributed by atoms with van der Waals surface area (Å²) in [4.78, 5) is 12.0. The highest BCUT2D eigenvalue weighted by atomic mass is 32.1. The summed E-state index contributed by atoms with van der Waals surface area (Å²) in [5.74, 6) is -0.00214. The highest BCUT2D eigenvalue weighted by Crippen LogP contribution is 2.10. The molecule has 1 aromatic rings. The fourth-order valence-electron chi connectivity index (χ4n) is 2.08. The Morgan fingerprint density at radius 1 is 1.44 bits per heavy atom. The van der Waals surface area contributed by atoms with Gasteiger partial charge in [-0.05, 0) is 24.8 Å². The molecular weight excluding hydrogens is 246 g/mol. The molecule has 2 rings (SSSR count). The standard InChI is InChI=1S/C14H19NO2S/c16-14(15-12-7-4-8-17-10-12)13(18)9-11-5-2-1-3-6-11/h1-3,5-6,12-13,18H,4,7-10H2,(H,15,16). The van der Waals surface area contributed by atoms with Gasteiger partial charge in [-0.3, -0.25) is 4.79 Å². The van der Waals surface area contributed by atoms with Crippen molar-refractivity contribution in [1.29, 1.82) is 0 Å². The van der Waals surface area contributed by atoms with Crippen molar-refractivity contribution in [2.45, 2.75) is 30.6 Å². The number of benzene rings is 1. The molecule has 1 fully saturated rings. The first-order valence-corrected chi connectivity index (χ1v) is 6.87. The van der Waals surface area contributed by atoms with E-state index in [1.54, 1.807) is 0 Å². The Labute approximate surface area is 113 Å². The molecule has 4 heteroatoms. The van der Waals surface area contributed by atoms with Crippen molar-refractivity contribution >= 4 is 18.5 Å². The van der Waals surface area contributed by atoms with Crippen LogP contribution in [0.25, 0.3) is 0 Å². The average molecular weight is 265 g/mol. The number of thiol groups is 1. The SMILES string of the molecule is O=C(NC1CCCOC1)C(S)Cc1ccccc1. The number of rotatable bonds is 4. The van der Waals surface area contributed by atoms with Gasteiger partial charge in [-0.1, -0.05) is 30.3 Å². The molecule has 1 aromatic carbocycles. The molecule has 0 aromatic heterocycles. The number of hydrogen-bond acceptors (Lipinski definition) is 3. The molecule has 1 saturated heterocycles. The zero-order chi connectivity index (χ0) is 12.8. The molecule has 1 aliphatic heterocycles. The van der Waals surface area contributed by atoms with E-state index in [1.165, 1.54) is 0 Å². The molecule has 18 heavy (non-hydrogen) atoms. The van der Waals surface area contributed by atoms with Gasteiger partial charge in [-0.15, -0.1) is 0 Å². The van der Waals surface area contributed by atoms with Crippen LogP contribution in [0.2, 0.25) is 0 Å². The first kappa shape index (κ1) is 13.4. The number of carbonyl (C=O) groups excluding carboxylic acids is 1. The summed E-state index contributed by atoms with van der Waals surface area (Å²) < 4.78 is 5.34. The third-order valence-electron chi connectivity index (χ3n) is 3.08. The molecule has 1 heterocycles. The van der Waals surface area contributed by atoms with Crippen LogP contribution in [0, 0.1) is 0 Å². The summed E-state index contributed by atoms with van der Waals surface area (Å²) in [7, 11) is 0. The van der Waals surface area contributed by atoms with Gasteiger partial charge < -0.3 is 10.1 Å². The van der Waals surface area contributed by atoms with E-state index in [4.69, 9.17) is 4.74 Å². The Hall–Kier alpha value is -1.00. The van der Waals surface area contributed by atoms with Gasteiger partial charge >= 0.3 is 0 Å². The molecule has 2 atom stereocenters. The second kappa shape index (κ2) is 6.81. The molecule has 3 nitrogen and oxygen atoms in total. The van der Waals surface area contributed by atoms with Crippen LogP contribution in [0.4, 0.5) is 0 Å². The van der Waals surface area contributed by atoms with Crippen LogP contribution in [0.1, 0.15) is 18.4 Å². The fourth-order valence-corrected chi connectivity index (χ4v) is 2.37. The molecule has 1 N–H and O–H groups in total. The lowest BCUT2D eigenvalue weighted by Gasteiger charge is -2.24. The van der Waals surface area contributed by atoms with Gasteiger partial charge in [0.2, 0.25) is 5.91 Å². The van der Waals surface area contributed by atoms with E-state index in [0.717, 1.165) is 25.0 Å². The highest BCUT2D eigenvalue weighted by Gasteiger charge is 2.20. The van der Waals surface area contributed by atoms with E-state index in [1.807, 2.05) is 30.3 Å². The van der Waals surface area contributed by atoms with Crippen LogP contribution in [-0.4, -0.2) is 30.4 Å². The van der Waals surface area contributed by atoms with Crippen molar-refractivity contribution in [3.63, 3.8) is 0 Å². The summed E-state index contributed by atoms with van der Waals surface area (Å²) in [6.45, 7) is 1.43. The summed E-state index contributed by atoms with van der Waals surface area (Å²) >= 11 is 4.38. The molecule has 1 aliphatic rings. The Morgan fingerprint density at radius 3 is 2.89 bits per heavy atom. The molecular formula is C14H19NO2S. The molecule has 2 unspecified atom stereocenters. The lowest BCUT2D eigenvalue weighted by Crippen LogP contribution is -2.44. The third kappa shape index (κ3) is 4.03. The summed E-state index contributed by atoms with van der Waals surface area (Å²) in [6, 6.07) is 10.1. The van der Waals surface area contributed by atoms with Crippen LogP contribution in [0.15, 0.2) is 30.3 Å².